The van der Waals surface area contributed by atoms with Gasteiger partial charge in [0.25, 0.3) is 6.43 Å². The van der Waals surface area contributed by atoms with Gasteiger partial charge in [-0.3, -0.25) is 4.68 Å². The monoisotopic (exact) mass is 318 g/mol. The van der Waals surface area contributed by atoms with Crippen molar-refractivity contribution in [1.29, 1.82) is 0 Å². The van der Waals surface area contributed by atoms with Gasteiger partial charge in [0.2, 0.25) is 0 Å². The van der Waals surface area contributed by atoms with Gasteiger partial charge in [-0.1, -0.05) is 24.3 Å². The van der Waals surface area contributed by atoms with Crippen molar-refractivity contribution in [2.24, 2.45) is 7.05 Å². The Balaban J connectivity index is 1.68. The number of fused-ring (bicyclic) bond motifs is 5. The Bertz CT molecular complexity index is 787. The van der Waals surface area contributed by atoms with Gasteiger partial charge in [0.15, 0.2) is 0 Å². The number of alkyl halides is 2. The van der Waals surface area contributed by atoms with Crippen LogP contribution in [0.2, 0.25) is 0 Å². The summed E-state index contributed by atoms with van der Waals surface area (Å²) in [4.78, 5) is 12.5. The molecule has 1 heterocycles. The molecule has 2 unspecified atom stereocenters. The quantitative estimate of drug-likeness (QED) is 0.811. The second-order valence-corrected chi connectivity index (χ2v) is 6.31. The molecule has 0 spiro atoms. The molecule has 4 rings (SSSR count). The van der Waals surface area contributed by atoms with Crippen LogP contribution >= 0.6 is 0 Å². The van der Waals surface area contributed by atoms with Crippen molar-refractivity contribution in [3.63, 3.8) is 0 Å². The fourth-order valence-electron chi connectivity index (χ4n) is 3.99. The van der Waals surface area contributed by atoms with Crippen molar-refractivity contribution >= 4 is 5.97 Å². The third-order valence-corrected chi connectivity index (χ3v) is 4.94. The van der Waals surface area contributed by atoms with Gasteiger partial charge >= 0.3 is 5.97 Å². The first-order valence-corrected chi connectivity index (χ1v) is 7.64. The normalized spacial score (nSPS) is 25.0. The number of aromatic nitrogens is 2. The molecule has 2 aliphatic rings. The number of hydrogen-bond donors (Lipinski definition) is 0. The van der Waals surface area contributed by atoms with Crippen LogP contribution in [0.5, 0.6) is 0 Å². The Kier molecular flexibility index (Phi) is 3.04. The summed E-state index contributed by atoms with van der Waals surface area (Å²) in [6.45, 7) is 0. The lowest BCUT2D eigenvalue weighted by Crippen LogP contribution is -2.28. The van der Waals surface area contributed by atoms with Gasteiger partial charge < -0.3 is 4.74 Å². The zero-order valence-electron chi connectivity index (χ0n) is 12.6. The Morgan fingerprint density at radius 3 is 3.00 bits per heavy atom. The highest BCUT2D eigenvalue weighted by atomic mass is 19.3. The zero-order valence-corrected chi connectivity index (χ0v) is 12.6. The molecule has 0 N–H and O–H groups in total. The number of carbonyl (C=O) groups is 1. The standard InChI is InChI=1S/C17H16F2N2O2/c1-21-9-12(14(20-21)15(18)19)16(22)23-17-7-6-10(8-17)11-4-2-3-5-13(11)17/h2-5,9-10,15H,6-8H2,1H3. The zero-order chi connectivity index (χ0) is 16.2. The van der Waals surface area contributed by atoms with Crippen LogP contribution in [0.3, 0.4) is 0 Å². The second kappa shape index (κ2) is 4.88. The number of carbonyl (C=O) groups excluding carboxylic acids is 1. The van der Waals surface area contributed by atoms with Crippen LogP contribution in [-0.2, 0) is 17.4 Å². The molecular weight excluding hydrogens is 302 g/mol. The lowest BCUT2D eigenvalue weighted by atomic mass is 9.89. The molecule has 1 aromatic heterocycles. The maximum Gasteiger partial charge on any atom is 0.342 e. The lowest BCUT2D eigenvalue weighted by Gasteiger charge is -2.28. The van der Waals surface area contributed by atoms with Crippen LogP contribution in [-0.4, -0.2) is 15.7 Å². The molecule has 6 heteroatoms. The van der Waals surface area contributed by atoms with Crippen LogP contribution in [0.1, 0.15) is 58.8 Å². The Morgan fingerprint density at radius 2 is 2.22 bits per heavy atom. The predicted octanol–water partition coefficient (Wildman–Crippen LogP) is 3.69. The first-order valence-electron chi connectivity index (χ1n) is 7.64. The number of rotatable bonds is 3. The molecule has 2 aliphatic carbocycles. The summed E-state index contributed by atoms with van der Waals surface area (Å²) in [6.07, 6.45) is 0.934. The van der Waals surface area contributed by atoms with Gasteiger partial charge in [-0.05, 0) is 36.3 Å². The van der Waals surface area contributed by atoms with Crippen LogP contribution in [0.15, 0.2) is 30.5 Å². The van der Waals surface area contributed by atoms with Crippen LogP contribution in [0.25, 0.3) is 0 Å². The first kappa shape index (κ1) is 14.4. The molecule has 2 aromatic rings. The maximum absolute atomic E-state index is 13.1. The van der Waals surface area contributed by atoms with Crippen molar-refractivity contribution in [3.8, 4) is 0 Å². The molecule has 0 amide bonds. The van der Waals surface area contributed by atoms with E-state index in [9.17, 15) is 13.6 Å². The number of esters is 1. The summed E-state index contributed by atoms with van der Waals surface area (Å²) in [7, 11) is 1.51. The Morgan fingerprint density at radius 1 is 1.43 bits per heavy atom. The summed E-state index contributed by atoms with van der Waals surface area (Å²) in [5.74, 6) is -0.326. The molecule has 1 fully saturated rings. The summed E-state index contributed by atoms with van der Waals surface area (Å²) >= 11 is 0. The minimum Gasteiger partial charge on any atom is -0.450 e. The predicted molar refractivity (Wildman–Crippen MR) is 78.3 cm³/mol. The van der Waals surface area contributed by atoms with Gasteiger partial charge in [-0.25, -0.2) is 13.6 Å². The van der Waals surface area contributed by atoms with Crippen molar-refractivity contribution in [1.82, 2.24) is 9.78 Å². The van der Waals surface area contributed by atoms with Gasteiger partial charge in [-0.15, -0.1) is 0 Å². The Hall–Kier alpha value is -2.24. The van der Waals surface area contributed by atoms with Gasteiger partial charge in [0.1, 0.15) is 16.9 Å². The van der Waals surface area contributed by atoms with E-state index in [0.717, 1.165) is 24.8 Å². The molecule has 120 valence electrons. The van der Waals surface area contributed by atoms with Crippen LogP contribution < -0.4 is 0 Å². The van der Waals surface area contributed by atoms with Crippen LogP contribution in [0, 0.1) is 0 Å². The van der Waals surface area contributed by atoms with E-state index >= 15 is 0 Å². The van der Waals surface area contributed by atoms with E-state index in [0.29, 0.717) is 5.92 Å². The average Bonchev–Trinajstić information content (AvgIpc) is 3.19. The third kappa shape index (κ3) is 2.08. The molecule has 0 aliphatic heterocycles. The average molecular weight is 318 g/mol. The molecule has 2 bridgehead atoms. The van der Waals surface area contributed by atoms with Gasteiger partial charge in [-0.2, -0.15) is 5.10 Å². The summed E-state index contributed by atoms with van der Waals surface area (Å²) in [5.41, 5.74) is 0.895. The molecule has 0 radical (unpaired) electrons. The molecular formula is C17H16F2N2O2. The van der Waals surface area contributed by atoms with Crippen molar-refractivity contribution in [2.45, 2.75) is 37.2 Å². The Labute approximate surface area is 132 Å². The fourth-order valence-corrected chi connectivity index (χ4v) is 3.99. The number of hydrogen-bond acceptors (Lipinski definition) is 3. The number of nitrogens with zero attached hydrogens (tertiary/aromatic N) is 2. The molecule has 23 heavy (non-hydrogen) atoms. The molecule has 1 aromatic carbocycles. The SMILES string of the molecule is Cn1cc(C(=O)OC23CCC(C2)c2ccccc23)c(C(F)F)n1. The fraction of sp³-hybridized carbons (Fsp3) is 0.412. The highest BCUT2D eigenvalue weighted by Crippen LogP contribution is 2.57. The van der Waals surface area contributed by atoms with Crippen LogP contribution in [0.4, 0.5) is 8.78 Å². The number of benzene rings is 1. The highest BCUT2D eigenvalue weighted by molar-refractivity contribution is 5.91. The maximum atomic E-state index is 13.1. The van der Waals surface area contributed by atoms with E-state index in [2.05, 4.69) is 11.2 Å². The number of aryl methyl sites for hydroxylation is 1. The van der Waals surface area contributed by atoms with Crippen molar-refractivity contribution in [3.05, 3.63) is 52.8 Å². The molecule has 2 atom stereocenters. The van der Waals surface area contributed by atoms with E-state index in [1.807, 2.05) is 18.2 Å². The lowest BCUT2D eigenvalue weighted by molar-refractivity contribution is -0.0164. The molecule has 4 nitrogen and oxygen atoms in total. The largest absolute Gasteiger partial charge is 0.450 e. The smallest absolute Gasteiger partial charge is 0.342 e. The van der Waals surface area contributed by atoms with E-state index in [4.69, 9.17) is 4.74 Å². The minimum atomic E-state index is -2.80. The van der Waals surface area contributed by atoms with Crippen molar-refractivity contribution < 1.29 is 18.3 Å². The number of halogens is 2. The topological polar surface area (TPSA) is 44.1 Å². The second-order valence-electron chi connectivity index (χ2n) is 6.31. The summed E-state index contributed by atoms with van der Waals surface area (Å²) in [6, 6.07) is 7.93. The minimum absolute atomic E-state index is 0.148. The highest BCUT2D eigenvalue weighted by Gasteiger charge is 2.52. The van der Waals surface area contributed by atoms with E-state index in [-0.39, 0.29) is 5.56 Å². The first-order chi connectivity index (χ1) is 11.0. The van der Waals surface area contributed by atoms with Gasteiger partial charge in [0, 0.05) is 13.2 Å². The number of ether oxygens (including phenoxy) is 1. The van der Waals surface area contributed by atoms with E-state index in [1.54, 1.807) is 0 Å². The van der Waals surface area contributed by atoms with E-state index < -0.39 is 23.7 Å². The molecule has 0 saturated heterocycles. The third-order valence-electron chi connectivity index (χ3n) is 4.94. The summed E-state index contributed by atoms with van der Waals surface area (Å²) < 4.78 is 33.1. The van der Waals surface area contributed by atoms with Crippen molar-refractivity contribution in [2.75, 3.05) is 0 Å². The molecule has 1 saturated carbocycles. The van der Waals surface area contributed by atoms with Gasteiger partial charge in [0.05, 0.1) is 0 Å². The van der Waals surface area contributed by atoms with E-state index in [1.165, 1.54) is 23.5 Å². The summed E-state index contributed by atoms with van der Waals surface area (Å²) in [5, 5.41) is 3.67.